The van der Waals surface area contributed by atoms with E-state index in [9.17, 15) is 14.1 Å². The molecule has 2 heterocycles. The molecule has 0 saturated heterocycles. The van der Waals surface area contributed by atoms with E-state index in [1.165, 1.54) is 6.20 Å². The fourth-order valence-electron chi connectivity index (χ4n) is 3.88. The summed E-state index contributed by atoms with van der Waals surface area (Å²) in [7, 11) is -3.35. The normalized spacial score (nSPS) is 18.0. The van der Waals surface area contributed by atoms with Gasteiger partial charge in [-0.15, -0.1) is 9.86 Å². The van der Waals surface area contributed by atoms with Gasteiger partial charge in [0.2, 0.25) is 0 Å². The van der Waals surface area contributed by atoms with E-state index in [-0.39, 0.29) is 4.21 Å². The van der Waals surface area contributed by atoms with E-state index in [4.69, 9.17) is 10.1 Å². The zero-order chi connectivity index (χ0) is 21.7. The number of aryl methyl sites for hydroxylation is 2. The molecule has 1 unspecified atom stereocenters. The predicted octanol–water partition coefficient (Wildman–Crippen LogP) is 3.16. The molecule has 2 amide bonds. The highest BCUT2D eigenvalue weighted by Crippen LogP contribution is 2.47. The third-order valence-corrected chi connectivity index (χ3v) is 8.74. The molecule has 2 aromatic rings. The Morgan fingerprint density at radius 2 is 2.13 bits per heavy atom. The standard InChI is InChI=1S/C20H27N5O3S2/c1-4-13-16(11-8-9-11)17(12-6-5-7-14(12)23-13)24-19(26)25-30(21,28)15-10-22-18(29-15)20(2,3)27/h10-11,27H,4-9H2,1-3H3,(H3-,21,23,24,25,26,28)/p+1. The van der Waals surface area contributed by atoms with Crippen LogP contribution in [0.5, 0.6) is 0 Å². The molecule has 30 heavy (non-hydrogen) atoms. The number of pyridine rings is 1. The van der Waals surface area contributed by atoms with Crippen LogP contribution in [0.4, 0.5) is 10.5 Å². The molecule has 2 aliphatic rings. The van der Waals surface area contributed by atoms with Gasteiger partial charge in [0.1, 0.15) is 10.6 Å². The lowest BCUT2D eigenvalue weighted by Crippen LogP contribution is -2.44. The number of fused-ring (bicyclic) bond motifs is 1. The molecule has 2 aliphatic carbocycles. The first kappa shape index (κ1) is 21.4. The Kier molecular flexibility index (Phi) is 5.46. The van der Waals surface area contributed by atoms with Crippen molar-refractivity contribution in [2.24, 2.45) is 5.14 Å². The summed E-state index contributed by atoms with van der Waals surface area (Å²) in [6.07, 6.45) is 7.15. The fraction of sp³-hybridized carbons (Fsp3) is 0.550. The van der Waals surface area contributed by atoms with Crippen LogP contribution in [0.25, 0.3) is 0 Å². The quantitative estimate of drug-likeness (QED) is 0.502. The molecule has 1 atom stereocenters. The Bertz CT molecular complexity index is 1040. The lowest BCUT2D eigenvalue weighted by molar-refractivity contribution is 0.0783. The minimum absolute atomic E-state index is 0.214. The smallest absolute Gasteiger partial charge is 0.362 e. The van der Waals surface area contributed by atoms with Gasteiger partial charge in [-0.3, -0.25) is 4.98 Å². The number of rotatable bonds is 6. The number of carbonyl (C=O) groups excluding carboxylic acids is 1. The Hall–Kier alpha value is -1.88. The second-order valence-corrected chi connectivity index (χ2v) is 11.6. The molecule has 1 saturated carbocycles. The molecular weight excluding hydrogens is 422 g/mol. The number of urea groups is 1. The summed E-state index contributed by atoms with van der Waals surface area (Å²) < 4.78 is 15.6. The summed E-state index contributed by atoms with van der Waals surface area (Å²) >= 11 is 1.03. The van der Waals surface area contributed by atoms with Crippen LogP contribution in [0.1, 0.15) is 73.5 Å². The minimum Gasteiger partial charge on any atom is -0.383 e. The summed E-state index contributed by atoms with van der Waals surface area (Å²) in [5, 5.41) is 19.4. The summed E-state index contributed by atoms with van der Waals surface area (Å²) in [5.41, 5.74) is 3.96. The summed E-state index contributed by atoms with van der Waals surface area (Å²) in [5.74, 6) is 0.423. The molecule has 4 rings (SSSR count). The van der Waals surface area contributed by atoms with Gasteiger partial charge in [0.05, 0.1) is 11.9 Å². The van der Waals surface area contributed by atoms with Gasteiger partial charge in [-0.05, 0) is 68.1 Å². The second kappa shape index (κ2) is 7.67. The maximum atomic E-state index is 13.0. The molecule has 0 spiro atoms. The van der Waals surface area contributed by atoms with Crippen LogP contribution in [0, 0.1) is 0 Å². The Morgan fingerprint density at radius 1 is 1.40 bits per heavy atom. The highest BCUT2D eigenvalue weighted by atomic mass is 32.3. The first-order chi connectivity index (χ1) is 14.1. The van der Waals surface area contributed by atoms with Crippen molar-refractivity contribution in [1.29, 1.82) is 0 Å². The van der Waals surface area contributed by atoms with Crippen molar-refractivity contribution < 1.29 is 14.1 Å². The molecule has 8 nitrogen and oxygen atoms in total. The van der Waals surface area contributed by atoms with Crippen LogP contribution >= 0.6 is 11.3 Å². The highest BCUT2D eigenvalue weighted by Gasteiger charge is 2.37. The SMILES string of the molecule is CCc1nc2c(c(NC(=O)N[S+](N)(=O)c3cnc(C(C)(C)O)s3)c1C1CC1)CCC2. The lowest BCUT2D eigenvalue weighted by atomic mass is 9.99. The van der Waals surface area contributed by atoms with Crippen LogP contribution in [0.3, 0.4) is 0 Å². The summed E-state index contributed by atoms with van der Waals surface area (Å²) in [6.45, 7) is 5.25. The van der Waals surface area contributed by atoms with Crippen molar-refractivity contribution in [3.05, 3.63) is 33.7 Å². The third-order valence-electron chi connectivity index (χ3n) is 5.45. The van der Waals surface area contributed by atoms with E-state index in [2.05, 4.69) is 21.9 Å². The van der Waals surface area contributed by atoms with Crippen LogP contribution in [0.2, 0.25) is 0 Å². The minimum atomic E-state index is -3.35. The predicted molar refractivity (Wildman–Crippen MR) is 118 cm³/mol. The van der Waals surface area contributed by atoms with E-state index in [0.717, 1.165) is 78.1 Å². The molecule has 162 valence electrons. The van der Waals surface area contributed by atoms with Gasteiger partial charge >= 0.3 is 6.03 Å². The largest absolute Gasteiger partial charge is 0.383 e. The van der Waals surface area contributed by atoms with Gasteiger partial charge in [0, 0.05) is 17.0 Å². The second-order valence-electron chi connectivity index (χ2n) is 8.45. The number of aromatic nitrogens is 2. The maximum absolute atomic E-state index is 13.0. The number of aliphatic hydroxyl groups is 1. The van der Waals surface area contributed by atoms with Crippen molar-refractivity contribution in [2.75, 3.05) is 5.32 Å². The molecule has 10 heteroatoms. The van der Waals surface area contributed by atoms with Crippen molar-refractivity contribution in [3.63, 3.8) is 0 Å². The number of nitrogens with zero attached hydrogens (tertiary/aromatic N) is 2. The number of hydrogen-bond acceptors (Lipinski definition) is 6. The van der Waals surface area contributed by atoms with Crippen molar-refractivity contribution in [1.82, 2.24) is 14.7 Å². The molecule has 0 bridgehead atoms. The maximum Gasteiger partial charge on any atom is 0.362 e. The van der Waals surface area contributed by atoms with E-state index in [1.807, 2.05) is 0 Å². The number of anilines is 1. The molecular formula is C20H28N5O3S2+. The molecule has 0 aliphatic heterocycles. The van der Waals surface area contributed by atoms with Gasteiger partial charge in [-0.2, -0.15) is 0 Å². The first-order valence-electron chi connectivity index (χ1n) is 10.2. The molecule has 2 aromatic heterocycles. The molecule has 1 fully saturated rings. The average molecular weight is 451 g/mol. The highest BCUT2D eigenvalue weighted by molar-refractivity contribution is 8.01. The Balaban J connectivity index is 1.59. The Morgan fingerprint density at radius 3 is 2.73 bits per heavy atom. The van der Waals surface area contributed by atoms with Gasteiger partial charge in [0.25, 0.3) is 14.5 Å². The van der Waals surface area contributed by atoms with E-state index < -0.39 is 21.9 Å². The monoisotopic (exact) mass is 450 g/mol. The molecule has 0 aromatic carbocycles. The van der Waals surface area contributed by atoms with E-state index >= 15 is 0 Å². The van der Waals surface area contributed by atoms with Crippen LogP contribution in [-0.4, -0.2) is 21.1 Å². The van der Waals surface area contributed by atoms with Gasteiger partial charge in [0.15, 0.2) is 0 Å². The van der Waals surface area contributed by atoms with Gasteiger partial charge in [-0.1, -0.05) is 18.3 Å². The van der Waals surface area contributed by atoms with E-state index in [1.54, 1.807) is 13.8 Å². The van der Waals surface area contributed by atoms with Gasteiger partial charge < -0.3 is 10.4 Å². The van der Waals surface area contributed by atoms with Crippen molar-refractivity contribution in [2.45, 2.75) is 75.0 Å². The molecule has 0 radical (unpaired) electrons. The number of carbonyl (C=O) groups is 1. The number of nitrogens with one attached hydrogen (secondary N) is 2. The van der Waals surface area contributed by atoms with Crippen molar-refractivity contribution in [3.8, 4) is 0 Å². The zero-order valence-corrected chi connectivity index (χ0v) is 19.1. The topological polar surface area (TPSA) is 130 Å². The van der Waals surface area contributed by atoms with E-state index in [0.29, 0.717) is 10.9 Å². The van der Waals surface area contributed by atoms with Crippen LogP contribution < -0.4 is 15.2 Å². The lowest BCUT2D eigenvalue weighted by Gasteiger charge is -2.18. The summed E-state index contributed by atoms with van der Waals surface area (Å²) in [6, 6.07) is -0.607. The Labute approximate surface area is 181 Å². The number of amides is 2. The van der Waals surface area contributed by atoms with Crippen molar-refractivity contribution >= 4 is 33.4 Å². The number of hydrogen-bond donors (Lipinski definition) is 4. The first-order valence-corrected chi connectivity index (χ1v) is 12.7. The third kappa shape index (κ3) is 4.14. The number of thiazole rings is 1. The zero-order valence-electron chi connectivity index (χ0n) is 17.4. The van der Waals surface area contributed by atoms with Gasteiger partial charge in [-0.25, -0.2) is 9.78 Å². The van der Waals surface area contributed by atoms with Crippen LogP contribution in [-0.2, 0) is 39.4 Å². The summed E-state index contributed by atoms with van der Waals surface area (Å²) in [4.78, 5) is 21.8. The number of nitrogens with two attached hydrogens (primary N) is 1. The van der Waals surface area contributed by atoms with Crippen LogP contribution in [0.15, 0.2) is 10.4 Å². The molecule has 5 N–H and O–H groups in total. The fourth-order valence-corrected chi connectivity index (χ4v) is 6.03. The average Bonchev–Trinajstić information content (AvgIpc) is 3.16.